The Labute approximate surface area is 126 Å². The molecule has 0 heterocycles. The molecule has 0 spiro atoms. The van der Waals surface area contributed by atoms with E-state index in [1.807, 2.05) is 55.5 Å². The number of allylic oxidation sites excluding steroid dienone is 1. The molecule has 0 bridgehead atoms. The van der Waals surface area contributed by atoms with Gasteiger partial charge in [0.25, 0.3) is 0 Å². The highest BCUT2D eigenvalue weighted by atomic mass is 16.5. The van der Waals surface area contributed by atoms with Crippen molar-refractivity contribution >= 4 is 11.9 Å². The number of rotatable bonds is 6. The lowest BCUT2D eigenvalue weighted by atomic mass is 10.1. The van der Waals surface area contributed by atoms with E-state index < -0.39 is 0 Å². The molecule has 0 saturated heterocycles. The summed E-state index contributed by atoms with van der Waals surface area (Å²) in [4.78, 5) is 12.1. The number of carbonyl (C=O) groups is 1. The Morgan fingerprint density at radius 3 is 2.38 bits per heavy atom. The number of benzene rings is 2. The van der Waals surface area contributed by atoms with Crippen LogP contribution in [0.25, 0.3) is 6.08 Å². The lowest BCUT2D eigenvalue weighted by molar-refractivity contribution is 0.104. The van der Waals surface area contributed by atoms with Gasteiger partial charge in [0.1, 0.15) is 5.75 Å². The highest BCUT2D eigenvalue weighted by Crippen LogP contribution is 2.15. The average Bonchev–Trinajstić information content (AvgIpc) is 2.54. The molecule has 0 aliphatic rings. The SMILES string of the molecule is CCC(C)Oc1ccc(C(=O)/C=C/c2ccccc2)cc1. The van der Waals surface area contributed by atoms with Gasteiger partial charge < -0.3 is 4.74 Å². The third-order valence-electron chi connectivity index (χ3n) is 3.28. The van der Waals surface area contributed by atoms with Gasteiger partial charge in [-0.1, -0.05) is 43.3 Å². The van der Waals surface area contributed by atoms with Crippen molar-refractivity contribution in [3.8, 4) is 5.75 Å². The second-order valence-electron chi connectivity index (χ2n) is 4.97. The van der Waals surface area contributed by atoms with Crippen LogP contribution in [0.1, 0.15) is 36.2 Å². The molecule has 2 rings (SSSR count). The molecule has 0 fully saturated rings. The molecular weight excluding hydrogens is 260 g/mol. The molecule has 2 heteroatoms. The Kier molecular flexibility index (Phi) is 5.33. The first-order valence-corrected chi connectivity index (χ1v) is 7.23. The fourth-order valence-electron chi connectivity index (χ4n) is 1.85. The fourth-order valence-corrected chi connectivity index (χ4v) is 1.85. The minimum Gasteiger partial charge on any atom is -0.491 e. The van der Waals surface area contributed by atoms with Gasteiger partial charge in [-0.05, 0) is 49.2 Å². The number of ketones is 1. The molecule has 0 saturated carbocycles. The molecule has 0 aliphatic heterocycles. The molecule has 21 heavy (non-hydrogen) atoms. The monoisotopic (exact) mass is 280 g/mol. The Morgan fingerprint density at radius 1 is 1.10 bits per heavy atom. The first kappa shape index (κ1) is 15.0. The molecule has 0 amide bonds. The van der Waals surface area contributed by atoms with Crippen molar-refractivity contribution in [2.24, 2.45) is 0 Å². The van der Waals surface area contributed by atoms with E-state index in [9.17, 15) is 4.79 Å². The van der Waals surface area contributed by atoms with Crippen molar-refractivity contribution in [3.05, 3.63) is 71.8 Å². The molecule has 108 valence electrons. The van der Waals surface area contributed by atoms with Gasteiger partial charge in [-0.2, -0.15) is 0 Å². The third kappa shape index (κ3) is 4.60. The Hall–Kier alpha value is -2.35. The van der Waals surface area contributed by atoms with Crippen molar-refractivity contribution in [1.29, 1.82) is 0 Å². The Balaban J connectivity index is 2.01. The second kappa shape index (κ2) is 7.44. The molecule has 0 N–H and O–H groups in total. The smallest absolute Gasteiger partial charge is 0.185 e. The van der Waals surface area contributed by atoms with Crippen molar-refractivity contribution in [1.82, 2.24) is 0 Å². The van der Waals surface area contributed by atoms with E-state index in [1.165, 1.54) is 0 Å². The van der Waals surface area contributed by atoms with Gasteiger partial charge in [0.15, 0.2) is 5.78 Å². The van der Waals surface area contributed by atoms with Crippen molar-refractivity contribution in [2.45, 2.75) is 26.4 Å². The van der Waals surface area contributed by atoms with Gasteiger partial charge in [-0.25, -0.2) is 0 Å². The Morgan fingerprint density at radius 2 is 1.76 bits per heavy atom. The van der Waals surface area contributed by atoms with Crippen LogP contribution in [0.2, 0.25) is 0 Å². The first-order chi connectivity index (χ1) is 10.2. The zero-order chi connectivity index (χ0) is 15.1. The van der Waals surface area contributed by atoms with Crippen LogP contribution in [0, 0.1) is 0 Å². The third-order valence-corrected chi connectivity index (χ3v) is 3.28. The average molecular weight is 280 g/mol. The summed E-state index contributed by atoms with van der Waals surface area (Å²) in [5.74, 6) is 0.793. The van der Waals surface area contributed by atoms with Crippen LogP contribution >= 0.6 is 0 Å². The van der Waals surface area contributed by atoms with E-state index in [4.69, 9.17) is 4.74 Å². The zero-order valence-electron chi connectivity index (χ0n) is 12.5. The van der Waals surface area contributed by atoms with Crippen molar-refractivity contribution < 1.29 is 9.53 Å². The van der Waals surface area contributed by atoms with Crippen LogP contribution in [-0.4, -0.2) is 11.9 Å². The van der Waals surface area contributed by atoms with Crippen LogP contribution in [0.3, 0.4) is 0 Å². The molecule has 2 aromatic rings. The molecular formula is C19H20O2. The minimum absolute atomic E-state index is 0.00561. The lowest BCUT2D eigenvalue weighted by Gasteiger charge is -2.12. The first-order valence-electron chi connectivity index (χ1n) is 7.23. The van der Waals surface area contributed by atoms with E-state index >= 15 is 0 Å². The van der Waals surface area contributed by atoms with E-state index in [0.717, 1.165) is 17.7 Å². The van der Waals surface area contributed by atoms with E-state index in [2.05, 4.69) is 6.92 Å². The largest absolute Gasteiger partial charge is 0.491 e. The van der Waals surface area contributed by atoms with Crippen LogP contribution in [0.4, 0.5) is 0 Å². The summed E-state index contributed by atoms with van der Waals surface area (Å²) in [5, 5.41) is 0. The minimum atomic E-state index is -0.00561. The summed E-state index contributed by atoms with van der Waals surface area (Å²) in [6.07, 6.45) is 4.57. The van der Waals surface area contributed by atoms with Gasteiger partial charge in [0.2, 0.25) is 0 Å². The number of ether oxygens (including phenoxy) is 1. The summed E-state index contributed by atoms with van der Waals surface area (Å²) in [7, 11) is 0. The van der Waals surface area contributed by atoms with Gasteiger partial charge >= 0.3 is 0 Å². The predicted octanol–water partition coefficient (Wildman–Crippen LogP) is 4.76. The summed E-state index contributed by atoms with van der Waals surface area (Å²) in [5.41, 5.74) is 1.68. The maximum atomic E-state index is 12.1. The molecule has 2 aromatic carbocycles. The molecule has 1 atom stereocenters. The summed E-state index contributed by atoms with van der Waals surface area (Å²) < 4.78 is 5.70. The van der Waals surface area contributed by atoms with E-state index in [1.54, 1.807) is 18.2 Å². The number of carbonyl (C=O) groups excluding carboxylic acids is 1. The van der Waals surface area contributed by atoms with Crippen LogP contribution in [0.15, 0.2) is 60.7 Å². The second-order valence-corrected chi connectivity index (χ2v) is 4.97. The number of hydrogen-bond acceptors (Lipinski definition) is 2. The van der Waals surface area contributed by atoms with Crippen molar-refractivity contribution in [3.63, 3.8) is 0 Å². The van der Waals surface area contributed by atoms with E-state index in [0.29, 0.717) is 5.56 Å². The van der Waals surface area contributed by atoms with Crippen LogP contribution in [-0.2, 0) is 0 Å². The predicted molar refractivity (Wildman–Crippen MR) is 86.6 cm³/mol. The molecule has 0 aromatic heterocycles. The molecule has 1 unspecified atom stereocenters. The van der Waals surface area contributed by atoms with E-state index in [-0.39, 0.29) is 11.9 Å². The van der Waals surface area contributed by atoms with Gasteiger partial charge in [-0.3, -0.25) is 4.79 Å². The standard InChI is InChI=1S/C19H20O2/c1-3-15(2)21-18-12-10-17(11-13-18)19(20)14-9-16-7-5-4-6-8-16/h4-15H,3H2,1-2H3/b14-9+. The van der Waals surface area contributed by atoms with Crippen LogP contribution in [0.5, 0.6) is 5.75 Å². The zero-order valence-corrected chi connectivity index (χ0v) is 12.5. The fraction of sp³-hybridized carbons (Fsp3) is 0.211. The van der Waals surface area contributed by atoms with Gasteiger partial charge in [-0.15, -0.1) is 0 Å². The molecule has 0 aliphatic carbocycles. The van der Waals surface area contributed by atoms with Gasteiger partial charge in [0, 0.05) is 5.56 Å². The topological polar surface area (TPSA) is 26.3 Å². The summed E-state index contributed by atoms with van der Waals surface area (Å²) >= 11 is 0. The normalized spacial score (nSPS) is 12.3. The number of hydrogen-bond donors (Lipinski definition) is 0. The highest BCUT2D eigenvalue weighted by molar-refractivity contribution is 6.06. The quantitative estimate of drug-likeness (QED) is 0.563. The summed E-state index contributed by atoms with van der Waals surface area (Å²) in [6.45, 7) is 4.11. The Bertz CT molecular complexity index is 597. The highest BCUT2D eigenvalue weighted by Gasteiger charge is 2.04. The molecule has 0 radical (unpaired) electrons. The molecule has 2 nitrogen and oxygen atoms in total. The summed E-state index contributed by atoms with van der Waals surface area (Å²) in [6, 6.07) is 17.1. The maximum absolute atomic E-state index is 12.1. The van der Waals surface area contributed by atoms with Crippen molar-refractivity contribution in [2.75, 3.05) is 0 Å². The van der Waals surface area contributed by atoms with Crippen LogP contribution < -0.4 is 4.74 Å². The van der Waals surface area contributed by atoms with Gasteiger partial charge in [0.05, 0.1) is 6.10 Å². The maximum Gasteiger partial charge on any atom is 0.185 e. The lowest BCUT2D eigenvalue weighted by Crippen LogP contribution is -2.09.